The molecule has 4 aromatic rings. The highest BCUT2D eigenvalue weighted by atomic mass is 16.5. The zero-order valence-electron chi connectivity index (χ0n) is 15.4. The maximum absolute atomic E-state index is 5.86. The molecular weight excluding hydrogens is 330 g/mol. The van der Waals surface area contributed by atoms with E-state index in [0.29, 0.717) is 6.61 Å². The topological polar surface area (TPSA) is 22.1 Å². The van der Waals surface area contributed by atoms with Gasteiger partial charge in [0.15, 0.2) is 0 Å². The molecule has 0 aliphatic rings. The summed E-state index contributed by atoms with van der Waals surface area (Å²) >= 11 is 0. The van der Waals surface area contributed by atoms with Gasteiger partial charge in [0.25, 0.3) is 0 Å². The zero-order valence-corrected chi connectivity index (χ0v) is 15.4. The van der Waals surface area contributed by atoms with Crippen LogP contribution in [0, 0.1) is 6.92 Å². The van der Waals surface area contributed by atoms with Crippen LogP contribution in [-0.2, 0) is 0 Å². The SMILES string of the molecule is C=CCOc1ccccc1-c1cc(-c2ccccc2)c2cc(C)ccc2n1. The van der Waals surface area contributed by atoms with Gasteiger partial charge < -0.3 is 4.74 Å². The second-order valence-electron chi connectivity index (χ2n) is 6.54. The highest BCUT2D eigenvalue weighted by molar-refractivity contribution is 5.97. The van der Waals surface area contributed by atoms with E-state index in [1.807, 2.05) is 24.3 Å². The van der Waals surface area contributed by atoms with Crippen molar-refractivity contribution in [2.75, 3.05) is 6.61 Å². The molecule has 1 aromatic heterocycles. The first-order valence-electron chi connectivity index (χ1n) is 9.06. The van der Waals surface area contributed by atoms with Crippen molar-refractivity contribution in [3.8, 4) is 28.1 Å². The van der Waals surface area contributed by atoms with Crippen LogP contribution in [0.2, 0.25) is 0 Å². The van der Waals surface area contributed by atoms with Crippen molar-refractivity contribution in [1.29, 1.82) is 0 Å². The van der Waals surface area contributed by atoms with Gasteiger partial charge in [-0.2, -0.15) is 0 Å². The molecule has 0 fully saturated rings. The zero-order chi connectivity index (χ0) is 18.6. The van der Waals surface area contributed by atoms with E-state index in [1.165, 1.54) is 16.7 Å². The van der Waals surface area contributed by atoms with Crippen LogP contribution < -0.4 is 4.74 Å². The Hall–Kier alpha value is -3.39. The molecule has 0 atom stereocenters. The van der Waals surface area contributed by atoms with E-state index in [4.69, 9.17) is 9.72 Å². The van der Waals surface area contributed by atoms with Crippen LogP contribution in [0.25, 0.3) is 33.3 Å². The lowest BCUT2D eigenvalue weighted by Gasteiger charge is -2.14. The molecule has 4 rings (SSSR count). The summed E-state index contributed by atoms with van der Waals surface area (Å²) < 4.78 is 5.86. The van der Waals surface area contributed by atoms with E-state index in [2.05, 4.69) is 68.1 Å². The van der Waals surface area contributed by atoms with Crippen LogP contribution in [0.15, 0.2) is 91.5 Å². The molecule has 0 amide bonds. The van der Waals surface area contributed by atoms with E-state index in [0.717, 1.165) is 27.9 Å². The number of ether oxygens (including phenoxy) is 1. The van der Waals surface area contributed by atoms with Crippen molar-refractivity contribution in [3.05, 3.63) is 97.1 Å². The maximum Gasteiger partial charge on any atom is 0.129 e. The lowest BCUT2D eigenvalue weighted by molar-refractivity contribution is 0.364. The molecule has 0 saturated carbocycles. The molecule has 0 radical (unpaired) electrons. The Labute approximate surface area is 159 Å². The van der Waals surface area contributed by atoms with Gasteiger partial charge in [0.2, 0.25) is 0 Å². The molecule has 132 valence electrons. The summed E-state index contributed by atoms with van der Waals surface area (Å²) in [4.78, 5) is 4.94. The fourth-order valence-electron chi connectivity index (χ4n) is 3.29. The highest BCUT2D eigenvalue weighted by Gasteiger charge is 2.12. The summed E-state index contributed by atoms with van der Waals surface area (Å²) in [5, 5.41) is 1.16. The van der Waals surface area contributed by atoms with Gasteiger partial charge in [-0.3, -0.25) is 0 Å². The quantitative estimate of drug-likeness (QED) is 0.386. The molecule has 0 spiro atoms. The van der Waals surface area contributed by atoms with Crippen molar-refractivity contribution in [2.45, 2.75) is 6.92 Å². The Kier molecular flexibility index (Phi) is 4.71. The van der Waals surface area contributed by atoms with Gasteiger partial charge in [-0.1, -0.05) is 66.7 Å². The van der Waals surface area contributed by atoms with Crippen molar-refractivity contribution in [3.63, 3.8) is 0 Å². The summed E-state index contributed by atoms with van der Waals surface area (Å²) in [5.41, 5.74) is 6.46. The largest absolute Gasteiger partial charge is 0.489 e. The first-order chi connectivity index (χ1) is 13.3. The van der Waals surface area contributed by atoms with E-state index >= 15 is 0 Å². The van der Waals surface area contributed by atoms with Crippen LogP contribution in [0.4, 0.5) is 0 Å². The third-order valence-electron chi connectivity index (χ3n) is 4.57. The second kappa shape index (κ2) is 7.46. The average molecular weight is 351 g/mol. The first-order valence-corrected chi connectivity index (χ1v) is 9.06. The number of aryl methyl sites for hydroxylation is 1. The summed E-state index contributed by atoms with van der Waals surface area (Å²) in [6.45, 7) is 6.32. The van der Waals surface area contributed by atoms with Gasteiger partial charge in [-0.15, -0.1) is 0 Å². The Bertz CT molecular complexity index is 1100. The lowest BCUT2D eigenvalue weighted by Crippen LogP contribution is -1.97. The normalized spacial score (nSPS) is 10.7. The third kappa shape index (κ3) is 3.47. The third-order valence-corrected chi connectivity index (χ3v) is 4.57. The van der Waals surface area contributed by atoms with Gasteiger partial charge in [0, 0.05) is 10.9 Å². The monoisotopic (exact) mass is 351 g/mol. The first kappa shape index (κ1) is 17.0. The molecule has 0 saturated heterocycles. The molecule has 0 bridgehead atoms. The summed E-state index contributed by atoms with van der Waals surface area (Å²) in [5.74, 6) is 0.815. The Morgan fingerprint density at radius 2 is 1.67 bits per heavy atom. The van der Waals surface area contributed by atoms with Crippen molar-refractivity contribution >= 4 is 10.9 Å². The van der Waals surface area contributed by atoms with Crippen molar-refractivity contribution < 1.29 is 4.74 Å². The molecule has 2 nitrogen and oxygen atoms in total. The van der Waals surface area contributed by atoms with Crippen LogP contribution >= 0.6 is 0 Å². The molecule has 27 heavy (non-hydrogen) atoms. The average Bonchev–Trinajstić information content (AvgIpc) is 2.72. The fraction of sp³-hybridized carbons (Fsp3) is 0.0800. The van der Waals surface area contributed by atoms with Gasteiger partial charge >= 0.3 is 0 Å². The number of aromatic nitrogens is 1. The Morgan fingerprint density at radius 3 is 2.48 bits per heavy atom. The fourth-order valence-corrected chi connectivity index (χ4v) is 3.29. The Balaban J connectivity index is 1.96. The number of rotatable bonds is 5. The second-order valence-corrected chi connectivity index (χ2v) is 6.54. The summed E-state index contributed by atoms with van der Waals surface area (Å²) in [6.07, 6.45) is 1.75. The molecule has 0 unspecified atom stereocenters. The number of fused-ring (bicyclic) bond motifs is 1. The van der Waals surface area contributed by atoms with Crippen LogP contribution in [0.3, 0.4) is 0 Å². The van der Waals surface area contributed by atoms with E-state index in [1.54, 1.807) is 6.08 Å². The Morgan fingerprint density at radius 1 is 0.889 bits per heavy atom. The minimum Gasteiger partial charge on any atom is -0.489 e. The lowest BCUT2D eigenvalue weighted by atomic mass is 9.97. The highest BCUT2D eigenvalue weighted by Crippen LogP contribution is 2.35. The molecule has 3 aromatic carbocycles. The number of benzene rings is 3. The van der Waals surface area contributed by atoms with Crippen LogP contribution in [-0.4, -0.2) is 11.6 Å². The number of para-hydroxylation sites is 1. The summed E-state index contributed by atoms with van der Waals surface area (Å²) in [7, 11) is 0. The van der Waals surface area contributed by atoms with E-state index in [9.17, 15) is 0 Å². The maximum atomic E-state index is 5.86. The smallest absolute Gasteiger partial charge is 0.129 e. The van der Waals surface area contributed by atoms with E-state index in [-0.39, 0.29) is 0 Å². The van der Waals surface area contributed by atoms with Crippen molar-refractivity contribution in [2.24, 2.45) is 0 Å². The molecule has 0 N–H and O–H groups in total. The van der Waals surface area contributed by atoms with Crippen molar-refractivity contribution in [1.82, 2.24) is 4.98 Å². The standard InChI is InChI=1S/C25H21NO/c1-3-15-27-25-12-8-7-11-20(25)24-17-21(19-9-5-4-6-10-19)22-16-18(2)13-14-23(22)26-24/h3-14,16-17H,1,15H2,2H3. The van der Waals surface area contributed by atoms with E-state index < -0.39 is 0 Å². The predicted molar refractivity (Wildman–Crippen MR) is 113 cm³/mol. The molecule has 0 aliphatic heterocycles. The minimum atomic E-state index is 0.468. The van der Waals surface area contributed by atoms with Crippen LogP contribution in [0.1, 0.15) is 5.56 Å². The van der Waals surface area contributed by atoms with Gasteiger partial charge in [0.05, 0.1) is 11.2 Å². The van der Waals surface area contributed by atoms with Crippen LogP contribution in [0.5, 0.6) is 5.75 Å². The van der Waals surface area contributed by atoms with Gasteiger partial charge in [-0.25, -0.2) is 4.98 Å². The number of hydrogen-bond acceptors (Lipinski definition) is 2. The summed E-state index contributed by atoms with van der Waals surface area (Å²) in [6, 6.07) is 27.0. The molecule has 1 heterocycles. The number of pyridine rings is 1. The van der Waals surface area contributed by atoms with Gasteiger partial charge in [-0.05, 0) is 48.4 Å². The number of nitrogens with zero attached hydrogens (tertiary/aromatic N) is 1. The molecular formula is C25H21NO. The predicted octanol–water partition coefficient (Wildman–Crippen LogP) is 6.44. The molecule has 0 aliphatic carbocycles. The van der Waals surface area contributed by atoms with Gasteiger partial charge in [0.1, 0.15) is 12.4 Å². The molecule has 2 heteroatoms. The number of hydrogen-bond donors (Lipinski definition) is 0. The minimum absolute atomic E-state index is 0.468.